The van der Waals surface area contributed by atoms with E-state index in [9.17, 15) is 19.2 Å². The Morgan fingerprint density at radius 2 is 1.00 bits per heavy atom. The average Bonchev–Trinajstić information content (AvgIpc) is 2.45. The molecule has 0 aromatic carbocycles. The number of ketones is 2. The SMILES string of the molecule is CC(C)CCOC(=O)C(=O)CC(C)CC(=O)C(=O)OCCC(C)C. The summed E-state index contributed by atoms with van der Waals surface area (Å²) in [7, 11) is 0. The molecule has 0 aromatic rings. The van der Waals surface area contributed by atoms with Crippen LogP contribution in [0.15, 0.2) is 0 Å². The van der Waals surface area contributed by atoms with Crippen molar-refractivity contribution in [1.29, 1.82) is 0 Å². The smallest absolute Gasteiger partial charge is 0.374 e. The van der Waals surface area contributed by atoms with E-state index in [-0.39, 0.29) is 26.1 Å². The van der Waals surface area contributed by atoms with Gasteiger partial charge in [0.15, 0.2) is 0 Å². The van der Waals surface area contributed by atoms with Crippen LogP contribution in [0, 0.1) is 17.8 Å². The van der Waals surface area contributed by atoms with E-state index in [1.165, 1.54) is 0 Å². The van der Waals surface area contributed by atoms with Crippen molar-refractivity contribution in [2.75, 3.05) is 13.2 Å². The molecule has 0 radical (unpaired) electrons. The van der Waals surface area contributed by atoms with E-state index in [1.54, 1.807) is 6.92 Å². The van der Waals surface area contributed by atoms with Crippen LogP contribution in [0.1, 0.15) is 60.3 Å². The highest BCUT2D eigenvalue weighted by molar-refractivity contribution is 6.35. The Bertz CT molecular complexity index is 399. The lowest BCUT2D eigenvalue weighted by Gasteiger charge is -2.10. The predicted octanol–water partition coefficient (Wildman–Crippen LogP) is 2.72. The molecule has 138 valence electrons. The number of hydrogen-bond acceptors (Lipinski definition) is 6. The zero-order valence-electron chi connectivity index (χ0n) is 15.4. The maximum absolute atomic E-state index is 11.7. The quantitative estimate of drug-likeness (QED) is 0.400. The molecule has 0 bridgehead atoms. The minimum Gasteiger partial charge on any atom is -0.460 e. The van der Waals surface area contributed by atoms with Gasteiger partial charge in [0.25, 0.3) is 0 Å². The van der Waals surface area contributed by atoms with Gasteiger partial charge in [-0.2, -0.15) is 0 Å². The summed E-state index contributed by atoms with van der Waals surface area (Å²) in [6, 6.07) is 0. The van der Waals surface area contributed by atoms with Crippen molar-refractivity contribution < 1.29 is 28.7 Å². The Morgan fingerprint density at radius 1 is 0.667 bits per heavy atom. The molecule has 0 N–H and O–H groups in total. The zero-order chi connectivity index (χ0) is 18.7. The lowest BCUT2D eigenvalue weighted by Crippen LogP contribution is -2.24. The molecule has 0 heterocycles. The second kappa shape index (κ2) is 11.8. The number of rotatable bonds is 12. The maximum atomic E-state index is 11.7. The first-order valence-electron chi connectivity index (χ1n) is 8.53. The second-order valence-corrected chi connectivity index (χ2v) is 7.00. The van der Waals surface area contributed by atoms with Crippen LogP contribution in [-0.4, -0.2) is 36.7 Å². The van der Waals surface area contributed by atoms with Crippen LogP contribution in [-0.2, 0) is 28.7 Å². The molecular weight excluding hydrogens is 312 g/mol. The summed E-state index contributed by atoms with van der Waals surface area (Å²) in [5.41, 5.74) is 0. The van der Waals surface area contributed by atoms with Crippen LogP contribution in [0.4, 0.5) is 0 Å². The molecule has 6 nitrogen and oxygen atoms in total. The van der Waals surface area contributed by atoms with Gasteiger partial charge in [0.05, 0.1) is 13.2 Å². The predicted molar refractivity (Wildman–Crippen MR) is 89.2 cm³/mol. The topological polar surface area (TPSA) is 86.7 Å². The fraction of sp³-hybridized carbons (Fsp3) is 0.778. The molecule has 0 unspecified atom stereocenters. The number of esters is 2. The number of carbonyl (C=O) groups is 4. The Labute approximate surface area is 144 Å². The van der Waals surface area contributed by atoms with Crippen LogP contribution in [0.3, 0.4) is 0 Å². The van der Waals surface area contributed by atoms with Gasteiger partial charge in [-0.3, -0.25) is 9.59 Å². The van der Waals surface area contributed by atoms with Crippen LogP contribution < -0.4 is 0 Å². The molecule has 0 saturated carbocycles. The van der Waals surface area contributed by atoms with Crippen molar-refractivity contribution in [3.63, 3.8) is 0 Å². The molecule has 6 heteroatoms. The molecule has 24 heavy (non-hydrogen) atoms. The van der Waals surface area contributed by atoms with Crippen molar-refractivity contribution in [3.8, 4) is 0 Å². The summed E-state index contributed by atoms with van der Waals surface area (Å²) >= 11 is 0. The fourth-order valence-corrected chi connectivity index (χ4v) is 1.81. The summed E-state index contributed by atoms with van der Waals surface area (Å²) < 4.78 is 9.76. The highest BCUT2D eigenvalue weighted by Crippen LogP contribution is 2.11. The van der Waals surface area contributed by atoms with Gasteiger partial charge in [-0.1, -0.05) is 34.6 Å². The van der Waals surface area contributed by atoms with Gasteiger partial charge < -0.3 is 9.47 Å². The van der Waals surface area contributed by atoms with Crippen molar-refractivity contribution in [2.24, 2.45) is 17.8 Å². The molecule has 0 amide bonds. The number of carbonyl (C=O) groups excluding carboxylic acids is 4. The van der Waals surface area contributed by atoms with E-state index >= 15 is 0 Å². The number of hydrogen-bond donors (Lipinski definition) is 0. The monoisotopic (exact) mass is 342 g/mol. The van der Waals surface area contributed by atoms with Gasteiger partial charge in [0.1, 0.15) is 0 Å². The minimum atomic E-state index is -0.880. The van der Waals surface area contributed by atoms with Gasteiger partial charge >= 0.3 is 11.9 Å². The van der Waals surface area contributed by atoms with Crippen molar-refractivity contribution in [3.05, 3.63) is 0 Å². The van der Waals surface area contributed by atoms with Gasteiger partial charge in [0, 0.05) is 12.8 Å². The van der Waals surface area contributed by atoms with E-state index < -0.39 is 29.4 Å². The third-order valence-electron chi connectivity index (χ3n) is 3.38. The first-order chi connectivity index (χ1) is 11.1. The summed E-state index contributed by atoms with van der Waals surface area (Å²) in [5.74, 6) is -2.76. The Balaban J connectivity index is 4.11. The standard InChI is InChI=1S/C18H30O6/c1-12(2)6-8-23-17(21)15(19)10-14(5)11-16(20)18(22)24-9-7-13(3)4/h12-14H,6-11H2,1-5H3. The summed E-state index contributed by atoms with van der Waals surface area (Å²) in [5, 5.41) is 0. The lowest BCUT2D eigenvalue weighted by molar-refractivity contribution is -0.155. The molecule has 0 atom stereocenters. The van der Waals surface area contributed by atoms with Gasteiger partial charge in [0.2, 0.25) is 11.6 Å². The van der Waals surface area contributed by atoms with Crippen molar-refractivity contribution in [2.45, 2.75) is 60.3 Å². The van der Waals surface area contributed by atoms with Gasteiger partial charge in [-0.05, 0) is 30.6 Å². The van der Waals surface area contributed by atoms with E-state index in [0.29, 0.717) is 24.7 Å². The molecule has 0 spiro atoms. The molecule has 0 aromatic heterocycles. The number of Topliss-reactive ketones (excluding diaryl/α,β-unsaturated/α-hetero) is 2. The van der Waals surface area contributed by atoms with E-state index in [0.717, 1.165) is 0 Å². The van der Waals surface area contributed by atoms with E-state index in [4.69, 9.17) is 9.47 Å². The lowest BCUT2D eigenvalue weighted by atomic mass is 9.98. The Kier molecular flexibility index (Phi) is 10.9. The third-order valence-corrected chi connectivity index (χ3v) is 3.38. The summed E-state index contributed by atoms with van der Waals surface area (Å²) in [4.78, 5) is 46.5. The molecule has 0 aliphatic heterocycles. The molecule has 0 rings (SSSR count). The second-order valence-electron chi connectivity index (χ2n) is 7.00. The van der Waals surface area contributed by atoms with E-state index in [2.05, 4.69) is 0 Å². The van der Waals surface area contributed by atoms with Crippen molar-refractivity contribution >= 4 is 23.5 Å². The average molecular weight is 342 g/mol. The minimum absolute atomic E-state index is 0.120. The zero-order valence-corrected chi connectivity index (χ0v) is 15.4. The molecule has 0 aliphatic rings. The normalized spacial score (nSPS) is 11.0. The van der Waals surface area contributed by atoms with Crippen LogP contribution >= 0.6 is 0 Å². The van der Waals surface area contributed by atoms with Gasteiger partial charge in [-0.25, -0.2) is 9.59 Å². The van der Waals surface area contributed by atoms with Crippen LogP contribution in [0.5, 0.6) is 0 Å². The fourth-order valence-electron chi connectivity index (χ4n) is 1.81. The first kappa shape index (κ1) is 22.3. The Morgan fingerprint density at radius 3 is 1.29 bits per heavy atom. The van der Waals surface area contributed by atoms with Crippen LogP contribution in [0.2, 0.25) is 0 Å². The van der Waals surface area contributed by atoms with E-state index in [1.807, 2.05) is 27.7 Å². The largest absolute Gasteiger partial charge is 0.460 e. The highest BCUT2D eigenvalue weighted by Gasteiger charge is 2.23. The highest BCUT2D eigenvalue weighted by atomic mass is 16.5. The number of ether oxygens (including phenoxy) is 2. The van der Waals surface area contributed by atoms with Gasteiger partial charge in [-0.15, -0.1) is 0 Å². The van der Waals surface area contributed by atoms with Crippen molar-refractivity contribution in [1.82, 2.24) is 0 Å². The molecule has 0 saturated heterocycles. The molecule has 0 fully saturated rings. The molecular formula is C18H30O6. The van der Waals surface area contributed by atoms with Crippen LogP contribution in [0.25, 0.3) is 0 Å². The molecule has 0 aliphatic carbocycles. The third kappa shape index (κ3) is 10.9. The first-order valence-corrected chi connectivity index (χ1v) is 8.53. The Hall–Kier alpha value is -1.72. The summed E-state index contributed by atoms with van der Waals surface area (Å²) in [6.07, 6.45) is 1.14. The maximum Gasteiger partial charge on any atom is 0.374 e. The summed E-state index contributed by atoms with van der Waals surface area (Å²) in [6.45, 7) is 10.0.